The molecule has 1 atom stereocenters. The number of aromatic nitrogens is 1. The maximum absolute atomic E-state index is 6.11. The highest BCUT2D eigenvalue weighted by molar-refractivity contribution is 5.78. The molecule has 0 amide bonds. The highest BCUT2D eigenvalue weighted by Crippen LogP contribution is 2.19. The van der Waals surface area contributed by atoms with Crippen LogP contribution in [0.15, 0.2) is 36.4 Å². The summed E-state index contributed by atoms with van der Waals surface area (Å²) in [4.78, 5) is 7.29. The second-order valence-corrected chi connectivity index (χ2v) is 7.29. The number of ether oxygens (including phenoxy) is 2. The summed E-state index contributed by atoms with van der Waals surface area (Å²) in [6.45, 7) is 4.79. The summed E-state index contributed by atoms with van der Waals surface area (Å²) < 4.78 is 11.9. The van der Waals surface area contributed by atoms with E-state index in [4.69, 9.17) is 14.5 Å². The number of hydrogen-bond acceptors (Lipinski definition) is 4. The number of para-hydroxylation sites is 1. The fourth-order valence-electron chi connectivity index (χ4n) is 3.84. The standard InChI is InChI=1S/C21H28N2O2/c1-2-7-21-17(5-1)8-9-18(22-21)15-23-12-10-19(11-13-23)25-16-20-6-3-4-14-24-20/h1-2,5,7-9,19-20H,3-4,6,10-16H2. The van der Waals surface area contributed by atoms with Crippen molar-refractivity contribution in [3.05, 3.63) is 42.1 Å². The molecule has 4 nitrogen and oxygen atoms in total. The van der Waals surface area contributed by atoms with E-state index in [1.54, 1.807) is 0 Å². The molecular formula is C21H28N2O2. The van der Waals surface area contributed by atoms with Gasteiger partial charge in [0.25, 0.3) is 0 Å². The van der Waals surface area contributed by atoms with Gasteiger partial charge in [-0.15, -0.1) is 0 Å². The molecule has 2 aliphatic heterocycles. The molecule has 1 unspecified atom stereocenters. The molecule has 0 saturated carbocycles. The average molecular weight is 340 g/mol. The zero-order valence-electron chi connectivity index (χ0n) is 14.9. The number of rotatable bonds is 5. The first kappa shape index (κ1) is 17.0. The van der Waals surface area contributed by atoms with Crippen LogP contribution in [0.1, 0.15) is 37.8 Å². The van der Waals surface area contributed by atoms with Crippen LogP contribution < -0.4 is 0 Å². The molecule has 4 rings (SSSR count). The maximum atomic E-state index is 6.11. The molecule has 2 fully saturated rings. The topological polar surface area (TPSA) is 34.6 Å². The molecular weight excluding hydrogens is 312 g/mol. The SMILES string of the molecule is c1ccc2nc(CN3CCC(OCC4CCCCO4)CC3)ccc2c1. The van der Waals surface area contributed by atoms with Gasteiger partial charge in [-0.3, -0.25) is 9.88 Å². The molecule has 0 N–H and O–H groups in total. The molecule has 1 aromatic carbocycles. The van der Waals surface area contributed by atoms with E-state index >= 15 is 0 Å². The normalized spacial score (nSPS) is 23.1. The summed E-state index contributed by atoms with van der Waals surface area (Å²) >= 11 is 0. The van der Waals surface area contributed by atoms with Gasteiger partial charge in [0, 0.05) is 31.6 Å². The van der Waals surface area contributed by atoms with Crippen molar-refractivity contribution < 1.29 is 9.47 Å². The monoisotopic (exact) mass is 340 g/mol. The molecule has 2 saturated heterocycles. The molecule has 25 heavy (non-hydrogen) atoms. The first-order valence-corrected chi connectivity index (χ1v) is 9.67. The van der Waals surface area contributed by atoms with Crippen LogP contribution in [0.5, 0.6) is 0 Å². The Kier molecular flexibility index (Phi) is 5.60. The van der Waals surface area contributed by atoms with E-state index in [0.29, 0.717) is 12.2 Å². The number of fused-ring (bicyclic) bond motifs is 1. The first-order chi connectivity index (χ1) is 12.4. The van der Waals surface area contributed by atoms with Crippen LogP contribution in [0.4, 0.5) is 0 Å². The molecule has 3 heterocycles. The van der Waals surface area contributed by atoms with Crippen molar-refractivity contribution in [3.63, 3.8) is 0 Å². The Hall–Kier alpha value is -1.49. The van der Waals surface area contributed by atoms with Crippen molar-refractivity contribution in [1.29, 1.82) is 0 Å². The Bertz CT molecular complexity index is 676. The molecule has 1 aromatic heterocycles. The molecule has 0 aliphatic carbocycles. The summed E-state index contributed by atoms with van der Waals surface area (Å²) in [5.41, 5.74) is 2.25. The van der Waals surface area contributed by atoms with Crippen molar-refractivity contribution in [1.82, 2.24) is 9.88 Å². The van der Waals surface area contributed by atoms with Crippen LogP contribution in [0, 0.1) is 0 Å². The van der Waals surface area contributed by atoms with Gasteiger partial charge in [-0.1, -0.05) is 24.3 Å². The zero-order valence-corrected chi connectivity index (χ0v) is 14.9. The van der Waals surface area contributed by atoms with Crippen LogP contribution in [0.2, 0.25) is 0 Å². The molecule has 4 heteroatoms. The van der Waals surface area contributed by atoms with Crippen LogP contribution in [-0.4, -0.2) is 48.4 Å². The fourth-order valence-corrected chi connectivity index (χ4v) is 3.84. The third kappa shape index (κ3) is 4.57. The summed E-state index contributed by atoms with van der Waals surface area (Å²) in [5, 5.41) is 1.21. The molecule has 0 radical (unpaired) electrons. The van der Waals surface area contributed by atoms with Gasteiger partial charge in [-0.2, -0.15) is 0 Å². The zero-order chi connectivity index (χ0) is 16.9. The molecule has 0 bridgehead atoms. The lowest BCUT2D eigenvalue weighted by Crippen LogP contribution is -2.38. The van der Waals surface area contributed by atoms with Gasteiger partial charge in [-0.25, -0.2) is 0 Å². The Morgan fingerprint density at radius 2 is 1.92 bits per heavy atom. The minimum atomic E-state index is 0.327. The lowest BCUT2D eigenvalue weighted by atomic mass is 10.1. The highest BCUT2D eigenvalue weighted by Gasteiger charge is 2.22. The summed E-state index contributed by atoms with van der Waals surface area (Å²) in [7, 11) is 0. The quantitative estimate of drug-likeness (QED) is 0.829. The second-order valence-electron chi connectivity index (χ2n) is 7.29. The Morgan fingerprint density at radius 1 is 1.04 bits per heavy atom. The third-order valence-corrected chi connectivity index (χ3v) is 5.37. The summed E-state index contributed by atoms with van der Waals surface area (Å²) in [5.74, 6) is 0. The van der Waals surface area contributed by atoms with E-state index in [1.807, 2.05) is 0 Å². The lowest BCUT2D eigenvalue weighted by molar-refractivity contribution is -0.0753. The Balaban J connectivity index is 1.24. The van der Waals surface area contributed by atoms with E-state index in [-0.39, 0.29) is 0 Å². The molecule has 134 valence electrons. The van der Waals surface area contributed by atoms with Crippen LogP contribution in [0.25, 0.3) is 10.9 Å². The second kappa shape index (κ2) is 8.26. The first-order valence-electron chi connectivity index (χ1n) is 9.67. The van der Waals surface area contributed by atoms with Crippen LogP contribution in [0.3, 0.4) is 0 Å². The summed E-state index contributed by atoms with van der Waals surface area (Å²) in [6.07, 6.45) is 6.59. The van der Waals surface area contributed by atoms with Gasteiger partial charge in [-0.05, 0) is 44.2 Å². The minimum absolute atomic E-state index is 0.327. The van der Waals surface area contributed by atoms with Gasteiger partial charge in [0.1, 0.15) is 0 Å². The van der Waals surface area contributed by atoms with E-state index < -0.39 is 0 Å². The van der Waals surface area contributed by atoms with E-state index in [9.17, 15) is 0 Å². The minimum Gasteiger partial charge on any atom is -0.376 e. The van der Waals surface area contributed by atoms with E-state index in [0.717, 1.165) is 63.3 Å². The van der Waals surface area contributed by atoms with Crippen molar-refractivity contribution in [2.75, 3.05) is 26.3 Å². The van der Waals surface area contributed by atoms with Gasteiger partial charge < -0.3 is 9.47 Å². The molecule has 2 aromatic rings. The van der Waals surface area contributed by atoms with Gasteiger partial charge >= 0.3 is 0 Å². The highest BCUT2D eigenvalue weighted by atomic mass is 16.5. The van der Waals surface area contributed by atoms with E-state index in [2.05, 4.69) is 41.3 Å². The van der Waals surface area contributed by atoms with Crippen molar-refractivity contribution in [3.8, 4) is 0 Å². The van der Waals surface area contributed by atoms with Crippen molar-refractivity contribution >= 4 is 10.9 Å². The fraction of sp³-hybridized carbons (Fsp3) is 0.571. The Morgan fingerprint density at radius 3 is 2.76 bits per heavy atom. The predicted octanol–water partition coefficient (Wildman–Crippen LogP) is 3.78. The number of likely N-dealkylation sites (tertiary alicyclic amines) is 1. The predicted molar refractivity (Wildman–Crippen MR) is 99.6 cm³/mol. The van der Waals surface area contributed by atoms with Crippen LogP contribution >= 0.6 is 0 Å². The number of hydrogen-bond donors (Lipinski definition) is 0. The van der Waals surface area contributed by atoms with E-state index in [1.165, 1.54) is 18.2 Å². The largest absolute Gasteiger partial charge is 0.376 e. The number of benzene rings is 1. The van der Waals surface area contributed by atoms with Gasteiger partial charge in [0.2, 0.25) is 0 Å². The smallest absolute Gasteiger partial charge is 0.0808 e. The van der Waals surface area contributed by atoms with Crippen molar-refractivity contribution in [2.24, 2.45) is 0 Å². The molecule has 2 aliphatic rings. The van der Waals surface area contributed by atoms with Gasteiger partial charge in [0.05, 0.1) is 30.0 Å². The van der Waals surface area contributed by atoms with Crippen LogP contribution in [-0.2, 0) is 16.0 Å². The number of pyridine rings is 1. The third-order valence-electron chi connectivity index (χ3n) is 5.37. The average Bonchev–Trinajstić information content (AvgIpc) is 2.68. The number of piperidine rings is 1. The van der Waals surface area contributed by atoms with Gasteiger partial charge in [0.15, 0.2) is 0 Å². The molecule has 0 spiro atoms. The van der Waals surface area contributed by atoms with Crippen molar-refractivity contribution in [2.45, 2.75) is 50.9 Å². The Labute approximate surface area is 150 Å². The maximum Gasteiger partial charge on any atom is 0.0808 e. The lowest BCUT2D eigenvalue weighted by Gasteiger charge is -2.33. The number of nitrogens with zero attached hydrogens (tertiary/aromatic N) is 2. The summed E-state index contributed by atoms with van der Waals surface area (Å²) in [6, 6.07) is 12.7.